The molecular formula is C24H26N6O2S. The third-order valence-corrected chi connectivity index (χ3v) is 6.58. The van der Waals surface area contributed by atoms with E-state index in [1.54, 1.807) is 10.6 Å². The number of carbonyl (C=O) groups excluding carboxylic acids is 1. The molecule has 0 saturated heterocycles. The molecule has 1 aromatic carbocycles. The van der Waals surface area contributed by atoms with Crippen LogP contribution in [0.15, 0.2) is 52.5 Å². The third-order valence-electron chi connectivity index (χ3n) is 5.56. The van der Waals surface area contributed by atoms with Gasteiger partial charge in [0.25, 0.3) is 5.56 Å². The molecule has 0 aliphatic rings. The second kappa shape index (κ2) is 9.58. The summed E-state index contributed by atoms with van der Waals surface area (Å²) in [5.74, 6) is 0.741. The molecule has 0 aliphatic heterocycles. The number of pyridine rings is 1. The number of rotatable bonds is 7. The largest absolute Gasteiger partial charge is 0.325 e. The van der Waals surface area contributed by atoms with Gasteiger partial charge in [-0.05, 0) is 49.6 Å². The van der Waals surface area contributed by atoms with Crippen molar-refractivity contribution >= 4 is 29.0 Å². The van der Waals surface area contributed by atoms with Crippen LogP contribution in [-0.4, -0.2) is 35.8 Å². The molecule has 0 saturated carbocycles. The fraction of sp³-hybridized carbons (Fsp3) is 0.292. The Morgan fingerprint density at radius 3 is 2.76 bits per heavy atom. The number of nitrogens with one attached hydrogen (secondary N) is 1. The fourth-order valence-corrected chi connectivity index (χ4v) is 4.35. The van der Waals surface area contributed by atoms with Crippen LogP contribution in [0.5, 0.6) is 0 Å². The number of thioether (sulfide) groups is 1. The van der Waals surface area contributed by atoms with Gasteiger partial charge in [0.15, 0.2) is 5.16 Å². The lowest BCUT2D eigenvalue weighted by Crippen LogP contribution is -2.23. The SMILES string of the molecule is CCc1cccc(NC(=O)CSc2nnc(Cc3c(C)nc4c(C)cccn4c3=O)n2C)c1. The van der Waals surface area contributed by atoms with Gasteiger partial charge >= 0.3 is 0 Å². The standard InChI is InChI=1S/C24H26N6O2S/c1-5-17-9-6-10-18(12-17)26-21(31)14-33-24-28-27-20(29(24)4)13-19-16(3)25-22-15(2)8-7-11-30(22)23(19)32/h6-12H,5,13-14H2,1-4H3,(H,26,31). The van der Waals surface area contributed by atoms with Crippen molar-refractivity contribution in [3.63, 3.8) is 0 Å². The second-order valence-electron chi connectivity index (χ2n) is 7.89. The van der Waals surface area contributed by atoms with Gasteiger partial charge < -0.3 is 9.88 Å². The predicted molar refractivity (Wildman–Crippen MR) is 130 cm³/mol. The zero-order chi connectivity index (χ0) is 23.5. The van der Waals surface area contributed by atoms with Crippen LogP contribution >= 0.6 is 11.8 Å². The molecular weight excluding hydrogens is 436 g/mol. The Labute approximate surface area is 196 Å². The Kier molecular flexibility index (Phi) is 6.60. The maximum absolute atomic E-state index is 13.1. The third kappa shape index (κ3) is 4.83. The van der Waals surface area contributed by atoms with Crippen LogP contribution < -0.4 is 10.9 Å². The molecule has 4 rings (SSSR count). The van der Waals surface area contributed by atoms with Crippen LogP contribution in [-0.2, 0) is 24.7 Å². The summed E-state index contributed by atoms with van der Waals surface area (Å²) in [6, 6.07) is 11.6. The summed E-state index contributed by atoms with van der Waals surface area (Å²) in [5, 5.41) is 12.0. The summed E-state index contributed by atoms with van der Waals surface area (Å²) < 4.78 is 3.39. The zero-order valence-corrected chi connectivity index (χ0v) is 19.9. The van der Waals surface area contributed by atoms with Gasteiger partial charge in [-0.2, -0.15) is 0 Å². The molecule has 3 aromatic heterocycles. The van der Waals surface area contributed by atoms with Crippen molar-refractivity contribution in [1.29, 1.82) is 0 Å². The first-order valence-corrected chi connectivity index (χ1v) is 11.7. The van der Waals surface area contributed by atoms with E-state index in [0.29, 0.717) is 34.3 Å². The van der Waals surface area contributed by atoms with E-state index < -0.39 is 0 Å². The highest BCUT2D eigenvalue weighted by Crippen LogP contribution is 2.19. The molecule has 0 bridgehead atoms. The van der Waals surface area contributed by atoms with Crippen molar-refractivity contribution < 1.29 is 4.79 Å². The molecule has 4 aromatic rings. The first kappa shape index (κ1) is 22.7. The Bertz CT molecular complexity index is 1390. The molecule has 9 heteroatoms. The Morgan fingerprint density at radius 2 is 1.97 bits per heavy atom. The monoisotopic (exact) mass is 462 g/mol. The molecule has 0 atom stereocenters. The van der Waals surface area contributed by atoms with Crippen molar-refractivity contribution in [3.05, 3.63) is 81.2 Å². The topological polar surface area (TPSA) is 94.2 Å². The Balaban J connectivity index is 1.47. The molecule has 8 nitrogen and oxygen atoms in total. The van der Waals surface area contributed by atoms with Crippen LogP contribution in [0, 0.1) is 13.8 Å². The molecule has 1 amide bonds. The average Bonchev–Trinajstić information content (AvgIpc) is 3.15. The van der Waals surface area contributed by atoms with E-state index >= 15 is 0 Å². The molecule has 0 radical (unpaired) electrons. The number of hydrogen-bond acceptors (Lipinski definition) is 6. The van der Waals surface area contributed by atoms with E-state index in [1.807, 2.05) is 61.9 Å². The van der Waals surface area contributed by atoms with Crippen molar-refractivity contribution in [2.75, 3.05) is 11.1 Å². The summed E-state index contributed by atoms with van der Waals surface area (Å²) >= 11 is 1.31. The van der Waals surface area contributed by atoms with Crippen molar-refractivity contribution in [2.24, 2.45) is 7.05 Å². The minimum atomic E-state index is -0.110. The summed E-state index contributed by atoms with van der Waals surface area (Å²) in [7, 11) is 1.84. The molecule has 170 valence electrons. The molecule has 1 N–H and O–H groups in total. The van der Waals surface area contributed by atoms with Crippen molar-refractivity contribution in [3.8, 4) is 0 Å². The van der Waals surface area contributed by atoms with Gasteiger partial charge in [0.2, 0.25) is 5.91 Å². The van der Waals surface area contributed by atoms with Crippen LogP contribution in [0.3, 0.4) is 0 Å². The first-order valence-electron chi connectivity index (χ1n) is 10.7. The predicted octanol–water partition coefficient (Wildman–Crippen LogP) is 3.32. The lowest BCUT2D eigenvalue weighted by molar-refractivity contribution is -0.113. The smallest absolute Gasteiger partial charge is 0.261 e. The van der Waals surface area contributed by atoms with E-state index in [2.05, 4.69) is 27.4 Å². The van der Waals surface area contributed by atoms with Gasteiger partial charge in [-0.3, -0.25) is 14.0 Å². The number of aromatic nitrogens is 5. The van der Waals surface area contributed by atoms with E-state index in [0.717, 1.165) is 17.7 Å². The highest BCUT2D eigenvalue weighted by Gasteiger charge is 2.17. The van der Waals surface area contributed by atoms with Crippen LogP contribution in [0.2, 0.25) is 0 Å². The number of carbonyl (C=O) groups is 1. The average molecular weight is 463 g/mol. The van der Waals surface area contributed by atoms with E-state index in [4.69, 9.17) is 0 Å². The molecule has 33 heavy (non-hydrogen) atoms. The van der Waals surface area contributed by atoms with Gasteiger partial charge in [0.1, 0.15) is 11.5 Å². The van der Waals surface area contributed by atoms with Gasteiger partial charge in [-0.25, -0.2) is 4.98 Å². The van der Waals surface area contributed by atoms with Gasteiger partial charge in [0.05, 0.1) is 5.75 Å². The quantitative estimate of drug-likeness (QED) is 0.424. The number of aryl methyl sites for hydroxylation is 3. The van der Waals surface area contributed by atoms with Crippen LogP contribution in [0.25, 0.3) is 5.65 Å². The Morgan fingerprint density at radius 1 is 1.15 bits per heavy atom. The molecule has 0 spiro atoms. The summed E-state index contributed by atoms with van der Waals surface area (Å²) in [6.07, 6.45) is 2.96. The highest BCUT2D eigenvalue weighted by molar-refractivity contribution is 7.99. The minimum absolute atomic E-state index is 0.105. The maximum atomic E-state index is 13.1. The normalized spacial score (nSPS) is 11.2. The highest BCUT2D eigenvalue weighted by atomic mass is 32.2. The first-order chi connectivity index (χ1) is 15.9. The van der Waals surface area contributed by atoms with Gasteiger partial charge in [-0.1, -0.05) is 36.9 Å². The fourth-order valence-electron chi connectivity index (χ4n) is 3.62. The van der Waals surface area contributed by atoms with Crippen molar-refractivity contribution in [1.82, 2.24) is 24.1 Å². The number of nitrogens with zero attached hydrogens (tertiary/aromatic N) is 5. The number of fused-ring (bicyclic) bond motifs is 1. The minimum Gasteiger partial charge on any atom is -0.325 e. The van der Waals surface area contributed by atoms with Crippen molar-refractivity contribution in [2.45, 2.75) is 38.8 Å². The summed E-state index contributed by atoms with van der Waals surface area (Å²) in [4.78, 5) is 30.1. The van der Waals surface area contributed by atoms with E-state index in [1.165, 1.54) is 17.3 Å². The maximum Gasteiger partial charge on any atom is 0.261 e. The van der Waals surface area contributed by atoms with Crippen LogP contribution in [0.4, 0.5) is 5.69 Å². The van der Waals surface area contributed by atoms with Gasteiger partial charge in [-0.15, -0.1) is 10.2 Å². The molecule has 0 fully saturated rings. The summed E-state index contributed by atoms with van der Waals surface area (Å²) in [6.45, 7) is 5.85. The molecule has 0 aliphatic carbocycles. The van der Waals surface area contributed by atoms with E-state index in [-0.39, 0.29) is 17.2 Å². The number of hydrogen-bond donors (Lipinski definition) is 1. The molecule has 0 unspecified atom stereocenters. The number of anilines is 1. The summed E-state index contributed by atoms with van der Waals surface area (Å²) in [5.41, 5.74) is 4.72. The lowest BCUT2D eigenvalue weighted by atomic mass is 10.1. The lowest BCUT2D eigenvalue weighted by Gasteiger charge is -2.09. The second-order valence-corrected chi connectivity index (χ2v) is 8.83. The van der Waals surface area contributed by atoms with Gasteiger partial charge in [0, 0.05) is 36.6 Å². The molecule has 3 heterocycles. The number of benzene rings is 1. The van der Waals surface area contributed by atoms with E-state index in [9.17, 15) is 9.59 Å². The van der Waals surface area contributed by atoms with Crippen LogP contribution in [0.1, 0.15) is 35.1 Å². The Hall–Kier alpha value is -3.46. The number of amides is 1. The zero-order valence-electron chi connectivity index (χ0n) is 19.1.